The van der Waals surface area contributed by atoms with E-state index < -0.39 is 18.8 Å². The summed E-state index contributed by atoms with van der Waals surface area (Å²) in [5, 5.41) is 1.04. The lowest BCUT2D eigenvalue weighted by molar-refractivity contribution is -0.155. The minimum atomic E-state index is -4.31. The molecule has 136 valence electrons. The van der Waals surface area contributed by atoms with E-state index in [4.69, 9.17) is 5.73 Å². The summed E-state index contributed by atoms with van der Waals surface area (Å²) < 4.78 is 39.8. The van der Waals surface area contributed by atoms with Crippen LogP contribution >= 0.6 is 0 Å². The molecule has 1 aliphatic heterocycles. The maximum Gasteiger partial charge on any atom is 0.401 e. The second kappa shape index (κ2) is 6.02. The summed E-state index contributed by atoms with van der Waals surface area (Å²) in [6.45, 7) is 0.812. The standard InChI is InChI=1S/C19H19F3N4/c1-11-9-13-12-5-2-3-7-15(12)25-16(13)18(26(11)10-19(20,21)22)17-14(23)6-4-8-24-17/h2-8,11,18,25H,9-10,23H2,1H3/t11-,18+/m1/s1. The molecule has 0 saturated carbocycles. The predicted octanol–water partition coefficient (Wildman–Crippen LogP) is 4.04. The molecule has 0 fully saturated rings. The van der Waals surface area contributed by atoms with Crippen LogP contribution < -0.4 is 5.73 Å². The highest BCUT2D eigenvalue weighted by atomic mass is 19.4. The van der Waals surface area contributed by atoms with Crippen molar-refractivity contribution in [3.8, 4) is 0 Å². The number of anilines is 1. The Labute approximate surface area is 148 Å². The number of nitrogens with zero attached hydrogens (tertiary/aromatic N) is 2. The molecule has 26 heavy (non-hydrogen) atoms. The Morgan fingerprint density at radius 3 is 2.73 bits per heavy atom. The molecule has 3 N–H and O–H groups in total. The fourth-order valence-electron chi connectivity index (χ4n) is 3.91. The molecule has 4 rings (SSSR count). The van der Waals surface area contributed by atoms with Crippen molar-refractivity contribution in [3.05, 3.63) is 59.5 Å². The first-order valence-corrected chi connectivity index (χ1v) is 8.47. The minimum absolute atomic E-state index is 0.297. The molecule has 3 aromatic rings. The van der Waals surface area contributed by atoms with Crippen molar-refractivity contribution >= 4 is 16.6 Å². The molecule has 0 spiro atoms. The molecule has 3 heterocycles. The summed E-state index contributed by atoms with van der Waals surface area (Å²) in [5.74, 6) is 0. The molecular weight excluding hydrogens is 341 g/mol. The molecule has 1 aromatic carbocycles. The predicted molar refractivity (Wildman–Crippen MR) is 94.7 cm³/mol. The Kier molecular flexibility index (Phi) is 3.91. The number of rotatable bonds is 2. The summed E-state index contributed by atoms with van der Waals surface area (Å²) in [7, 11) is 0. The summed E-state index contributed by atoms with van der Waals surface area (Å²) >= 11 is 0. The number of para-hydroxylation sites is 1. The molecule has 0 amide bonds. The third kappa shape index (κ3) is 2.82. The summed E-state index contributed by atoms with van der Waals surface area (Å²) in [6.07, 6.45) is -2.20. The third-order valence-electron chi connectivity index (χ3n) is 5.01. The van der Waals surface area contributed by atoms with E-state index in [-0.39, 0.29) is 6.04 Å². The highest BCUT2D eigenvalue weighted by Gasteiger charge is 2.42. The van der Waals surface area contributed by atoms with Gasteiger partial charge < -0.3 is 10.7 Å². The van der Waals surface area contributed by atoms with Crippen molar-refractivity contribution in [2.24, 2.45) is 0 Å². The number of H-pyrrole nitrogens is 1. The lowest BCUT2D eigenvalue weighted by Gasteiger charge is -2.40. The number of nitrogens with one attached hydrogen (secondary N) is 1. The van der Waals surface area contributed by atoms with Crippen LogP contribution in [0.3, 0.4) is 0 Å². The zero-order valence-corrected chi connectivity index (χ0v) is 14.2. The van der Waals surface area contributed by atoms with Gasteiger partial charge in [0.25, 0.3) is 0 Å². The smallest absolute Gasteiger partial charge is 0.397 e. The molecule has 0 saturated heterocycles. The number of nitrogens with two attached hydrogens (primary N) is 1. The molecule has 0 radical (unpaired) electrons. The number of hydrogen-bond acceptors (Lipinski definition) is 3. The Balaban J connectivity index is 1.93. The fourth-order valence-corrected chi connectivity index (χ4v) is 3.91. The van der Waals surface area contributed by atoms with Crippen LogP contribution in [0.1, 0.15) is 29.9 Å². The second-order valence-electron chi connectivity index (χ2n) is 6.78. The Morgan fingerprint density at radius 1 is 1.23 bits per heavy atom. The fraction of sp³-hybridized carbons (Fsp3) is 0.316. The van der Waals surface area contributed by atoms with E-state index in [1.54, 1.807) is 18.3 Å². The first-order chi connectivity index (χ1) is 12.3. The topological polar surface area (TPSA) is 57.9 Å². The van der Waals surface area contributed by atoms with Gasteiger partial charge in [0.05, 0.1) is 24.0 Å². The van der Waals surface area contributed by atoms with E-state index in [0.29, 0.717) is 17.8 Å². The van der Waals surface area contributed by atoms with Gasteiger partial charge in [-0.3, -0.25) is 9.88 Å². The summed E-state index contributed by atoms with van der Waals surface area (Å²) in [5.41, 5.74) is 9.64. The van der Waals surface area contributed by atoms with Gasteiger partial charge in [-0.2, -0.15) is 13.2 Å². The number of benzene rings is 1. The highest BCUT2D eigenvalue weighted by molar-refractivity contribution is 5.85. The molecule has 0 aliphatic carbocycles. The quantitative estimate of drug-likeness (QED) is 0.725. The van der Waals surface area contributed by atoms with Crippen LogP contribution in [0.5, 0.6) is 0 Å². The minimum Gasteiger partial charge on any atom is -0.397 e. The Bertz CT molecular complexity index is 947. The number of nitrogen functional groups attached to an aromatic ring is 1. The van der Waals surface area contributed by atoms with E-state index in [0.717, 1.165) is 22.2 Å². The van der Waals surface area contributed by atoms with Gasteiger partial charge in [0.2, 0.25) is 0 Å². The number of hydrogen-bond donors (Lipinski definition) is 2. The lowest BCUT2D eigenvalue weighted by Crippen LogP contribution is -2.47. The lowest BCUT2D eigenvalue weighted by atomic mass is 9.90. The normalized spacial score (nSPS) is 21.1. The number of aromatic amines is 1. The molecule has 0 bridgehead atoms. The van der Waals surface area contributed by atoms with Crippen LogP contribution in [-0.2, 0) is 6.42 Å². The molecule has 0 unspecified atom stereocenters. The van der Waals surface area contributed by atoms with Crippen LogP contribution in [-0.4, -0.2) is 33.6 Å². The van der Waals surface area contributed by atoms with E-state index in [1.807, 2.05) is 31.2 Å². The van der Waals surface area contributed by atoms with Crippen molar-refractivity contribution < 1.29 is 13.2 Å². The highest BCUT2D eigenvalue weighted by Crippen LogP contribution is 2.42. The first-order valence-electron chi connectivity index (χ1n) is 8.47. The van der Waals surface area contributed by atoms with Crippen molar-refractivity contribution in [3.63, 3.8) is 0 Å². The third-order valence-corrected chi connectivity index (χ3v) is 5.01. The van der Waals surface area contributed by atoms with Crippen LogP contribution in [0.2, 0.25) is 0 Å². The summed E-state index contributed by atoms with van der Waals surface area (Å²) in [6, 6.07) is 10.2. The van der Waals surface area contributed by atoms with Crippen molar-refractivity contribution in [1.29, 1.82) is 0 Å². The van der Waals surface area contributed by atoms with Gasteiger partial charge in [0.1, 0.15) is 0 Å². The van der Waals surface area contributed by atoms with E-state index >= 15 is 0 Å². The number of alkyl halides is 3. The Morgan fingerprint density at radius 2 is 2.00 bits per heavy atom. The molecule has 1 aliphatic rings. The van der Waals surface area contributed by atoms with E-state index in [9.17, 15) is 13.2 Å². The monoisotopic (exact) mass is 360 g/mol. The molecular formula is C19H19F3N4. The van der Waals surface area contributed by atoms with Gasteiger partial charge in [0, 0.05) is 28.8 Å². The van der Waals surface area contributed by atoms with Crippen molar-refractivity contribution in [2.75, 3.05) is 12.3 Å². The molecule has 2 atom stereocenters. The maximum absolute atomic E-state index is 13.3. The van der Waals surface area contributed by atoms with Gasteiger partial charge in [-0.15, -0.1) is 0 Å². The SMILES string of the molecule is C[C@@H]1Cc2c([nH]c3ccccc23)[C@@H](c2ncccc2N)N1CC(F)(F)F. The number of halogens is 3. The Hall–Kier alpha value is -2.54. The zero-order chi connectivity index (χ0) is 18.5. The second-order valence-corrected chi connectivity index (χ2v) is 6.78. The van der Waals surface area contributed by atoms with Crippen LogP contribution in [0.15, 0.2) is 42.6 Å². The van der Waals surface area contributed by atoms with Gasteiger partial charge >= 0.3 is 6.18 Å². The van der Waals surface area contributed by atoms with Crippen LogP contribution in [0, 0.1) is 0 Å². The average Bonchev–Trinajstić information content (AvgIpc) is 2.94. The van der Waals surface area contributed by atoms with Crippen molar-refractivity contribution in [2.45, 2.75) is 31.6 Å². The summed E-state index contributed by atoms with van der Waals surface area (Å²) in [4.78, 5) is 9.10. The van der Waals surface area contributed by atoms with Gasteiger partial charge in [-0.1, -0.05) is 18.2 Å². The van der Waals surface area contributed by atoms with Crippen LogP contribution in [0.25, 0.3) is 10.9 Å². The molecule has 4 nitrogen and oxygen atoms in total. The largest absolute Gasteiger partial charge is 0.401 e. The maximum atomic E-state index is 13.3. The first kappa shape index (κ1) is 16.9. The van der Waals surface area contributed by atoms with Crippen LogP contribution in [0.4, 0.5) is 18.9 Å². The van der Waals surface area contributed by atoms with Crippen molar-refractivity contribution in [1.82, 2.24) is 14.9 Å². The zero-order valence-electron chi connectivity index (χ0n) is 14.2. The van der Waals surface area contributed by atoms with Gasteiger partial charge in [0.15, 0.2) is 0 Å². The number of aromatic nitrogens is 2. The van der Waals surface area contributed by atoms with Gasteiger partial charge in [-0.05, 0) is 37.1 Å². The van der Waals surface area contributed by atoms with E-state index in [1.165, 1.54) is 4.90 Å². The number of fused-ring (bicyclic) bond motifs is 3. The number of pyridine rings is 1. The van der Waals surface area contributed by atoms with Gasteiger partial charge in [-0.25, -0.2) is 0 Å². The molecule has 7 heteroatoms. The average molecular weight is 360 g/mol. The molecule has 2 aromatic heterocycles. The van der Waals surface area contributed by atoms with E-state index in [2.05, 4.69) is 9.97 Å².